The molecule has 0 aromatic heterocycles. The van der Waals surface area contributed by atoms with E-state index < -0.39 is 24.2 Å². The fourth-order valence-corrected chi connectivity index (χ4v) is 9.41. The number of fused-ring (bicyclic) bond motifs is 3. The molecule has 58 heavy (non-hydrogen) atoms. The standard InChI is InChI=1S/C47H53N5O6/c1-4-24-47(25-5-2)37-29-33(48-43(54)39-18-12-26-51(39)41(53)28-31-14-8-6-9-15-31)20-22-35(37)36-23-21-34(30-38(36)47)49-44(55)40-19-13-27-52(40)45(56)42(50-46(57)58-3)32-16-10-7-11-17-32/h6-11,14-17,20-23,29-30,39-40,42H,4-5,12-13,18-19,24-28H2,1-3H3,(H,48,54)(H,49,55)(H,50,57)/t39-,40?,42?/m0/s1. The number of amides is 5. The number of alkyl carbamates (subject to hydrolysis) is 1. The van der Waals surface area contributed by atoms with Crippen LogP contribution >= 0.6 is 0 Å². The lowest BCUT2D eigenvalue weighted by Crippen LogP contribution is -2.48. The molecule has 4 aromatic carbocycles. The van der Waals surface area contributed by atoms with Crippen LogP contribution in [0.5, 0.6) is 0 Å². The molecule has 3 atom stereocenters. The molecule has 0 bridgehead atoms. The zero-order valence-electron chi connectivity index (χ0n) is 33.6. The van der Waals surface area contributed by atoms with Crippen LogP contribution in [0.15, 0.2) is 97.1 Å². The maximum Gasteiger partial charge on any atom is 0.407 e. The van der Waals surface area contributed by atoms with Gasteiger partial charge in [-0.25, -0.2) is 4.79 Å². The molecule has 2 unspecified atom stereocenters. The molecule has 302 valence electrons. The van der Waals surface area contributed by atoms with Gasteiger partial charge in [0.2, 0.25) is 17.7 Å². The second-order valence-corrected chi connectivity index (χ2v) is 15.7. The van der Waals surface area contributed by atoms with Gasteiger partial charge >= 0.3 is 6.09 Å². The van der Waals surface area contributed by atoms with Crippen molar-refractivity contribution < 1.29 is 28.7 Å². The fourth-order valence-electron chi connectivity index (χ4n) is 9.41. The van der Waals surface area contributed by atoms with E-state index in [1.807, 2.05) is 48.5 Å². The highest BCUT2D eigenvalue weighted by atomic mass is 16.5. The fraction of sp³-hybridized carbons (Fsp3) is 0.383. The van der Waals surface area contributed by atoms with Crippen LogP contribution in [-0.2, 0) is 35.8 Å². The Labute approximate surface area is 340 Å². The van der Waals surface area contributed by atoms with E-state index in [1.165, 1.54) is 7.11 Å². The molecule has 11 heteroatoms. The van der Waals surface area contributed by atoms with Crippen molar-refractivity contribution in [2.45, 2.75) is 95.2 Å². The average molecular weight is 784 g/mol. The lowest BCUT2D eigenvalue weighted by molar-refractivity contribution is -0.138. The molecule has 7 rings (SSSR count). The molecule has 2 fully saturated rings. The number of benzene rings is 4. The van der Waals surface area contributed by atoms with Gasteiger partial charge in [0.15, 0.2) is 0 Å². The summed E-state index contributed by atoms with van der Waals surface area (Å²) in [4.78, 5) is 70.7. The first-order valence-corrected chi connectivity index (χ1v) is 20.6. The summed E-state index contributed by atoms with van der Waals surface area (Å²) in [7, 11) is 1.25. The first-order valence-electron chi connectivity index (χ1n) is 20.6. The van der Waals surface area contributed by atoms with Gasteiger partial charge in [0, 0.05) is 29.9 Å². The van der Waals surface area contributed by atoms with E-state index in [0.717, 1.165) is 59.9 Å². The van der Waals surface area contributed by atoms with E-state index in [2.05, 4.69) is 54.1 Å². The highest BCUT2D eigenvalue weighted by Crippen LogP contribution is 2.55. The molecule has 0 saturated carbocycles. The SMILES string of the molecule is CCCC1(CCC)c2cc(NC(=O)C3CCCN3C(=O)C(NC(=O)OC)c3ccccc3)ccc2-c2ccc(NC(=O)[C@@H]3CCCN3C(=O)Cc3ccccc3)cc21. The van der Waals surface area contributed by atoms with Crippen LogP contribution in [0.3, 0.4) is 0 Å². The molecule has 4 aromatic rings. The molecule has 5 amide bonds. The van der Waals surface area contributed by atoms with E-state index in [-0.39, 0.29) is 35.5 Å². The topological polar surface area (TPSA) is 137 Å². The number of nitrogens with zero attached hydrogens (tertiary/aromatic N) is 2. The molecule has 0 radical (unpaired) electrons. The summed E-state index contributed by atoms with van der Waals surface area (Å²) in [6.07, 6.45) is 5.69. The van der Waals surface area contributed by atoms with Gasteiger partial charge < -0.3 is 30.5 Å². The van der Waals surface area contributed by atoms with Crippen molar-refractivity contribution in [3.05, 3.63) is 119 Å². The van der Waals surface area contributed by atoms with Crippen molar-refractivity contribution in [2.75, 3.05) is 30.8 Å². The predicted octanol–water partition coefficient (Wildman–Crippen LogP) is 7.75. The second-order valence-electron chi connectivity index (χ2n) is 15.7. The Morgan fingerprint density at radius 1 is 0.707 bits per heavy atom. The minimum Gasteiger partial charge on any atom is -0.453 e. The molecule has 11 nitrogen and oxygen atoms in total. The third-order valence-electron chi connectivity index (χ3n) is 12.0. The first-order chi connectivity index (χ1) is 28.2. The van der Waals surface area contributed by atoms with Gasteiger partial charge in [-0.2, -0.15) is 0 Å². The third kappa shape index (κ3) is 8.08. The van der Waals surface area contributed by atoms with Gasteiger partial charge in [-0.1, -0.05) is 99.5 Å². The number of likely N-dealkylation sites (tertiary alicyclic amines) is 2. The van der Waals surface area contributed by atoms with Gasteiger partial charge in [0.1, 0.15) is 18.1 Å². The zero-order valence-corrected chi connectivity index (χ0v) is 33.6. The largest absolute Gasteiger partial charge is 0.453 e. The lowest BCUT2D eigenvalue weighted by atomic mass is 9.71. The monoisotopic (exact) mass is 783 g/mol. The number of ether oxygens (including phenoxy) is 1. The molecule has 1 aliphatic carbocycles. The summed E-state index contributed by atoms with van der Waals surface area (Å²) < 4.78 is 4.82. The summed E-state index contributed by atoms with van der Waals surface area (Å²) in [6, 6.07) is 28.5. The lowest BCUT2D eigenvalue weighted by Gasteiger charge is -2.32. The van der Waals surface area contributed by atoms with Crippen LogP contribution in [0.25, 0.3) is 11.1 Å². The van der Waals surface area contributed by atoms with Gasteiger partial charge in [0.05, 0.1) is 13.5 Å². The summed E-state index contributed by atoms with van der Waals surface area (Å²) in [5, 5.41) is 8.97. The maximum absolute atomic E-state index is 14.0. The minimum atomic E-state index is -1.00. The second kappa shape index (κ2) is 17.7. The van der Waals surface area contributed by atoms with E-state index in [1.54, 1.807) is 34.1 Å². The number of carbonyl (C=O) groups excluding carboxylic acids is 5. The molecule has 2 saturated heterocycles. The van der Waals surface area contributed by atoms with Crippen LogP contribution < -0.4 is 16.0 Å². The van der Waals surface area contributed by atoms with E-state index in [0.29, 0.717) is 49.3 Å². The number of rotatable bonds is 13. The maximum atomic E-state index is 14.0. The minimum absolute atomic E-state index is 0.0414. The molecular weight excluding hydrogens is 731 g/mol. The Hall–Kier alpha value is -5.97. The van der Waals surface area contributed by atoms with E-state index >= 15 is 0 Å². The summed E-state index contributed by atoms with van der Waals surface area (Å²) in [6.45, 7) is 5.31. The van der Waals surface area contributed by atoms with E-state index in [9.17, 15) is 24.0 Å². The Morgan fingerprint density at radius 3 is 1.76 bits per heavy atom. The number of methoxy groups -OCH3 is 1. The van der Waals surface area contributed by atoms with Crippen LogP contribution in [0.1, 0.15) is 93.5 Å². The third-order valence-corrected chi connectivity index (χ3v) is 12.0. The Balaban J connectivity index is 1.10. The normalized spacial score (nSPS) is 18.2. The number of carbonyl (C=O) groups is 5. The first kappa shape index (κ1) is 40.2. The zero-order chi connectivity index (χ0) is 40.8. The highest BCUT2D eigenvalue weighted by Gasteiger charge is 2.43. The summed E-state index contributed by atoms with van der Waals surface area (Å²) in [5.41, 5.74) is 7.01. The summed E-state index contributed by atoms with van der Waals surface area (Å²) in [5.74, 6) is -0.867. The molecule has 3 N–H and O–H groups in total. The quantitative estimate of drug-likeness (QED) is 0.127. The number of anilines is 2. The predicted molar refractivity (Wildman–Crippen MR) is 224 cm³/mol. The van der Waals surface area contributed by atoms with Crippen molar-refractivity contribution in [1.29, 1.82) is 0 Å². The summed E-state index contributed by atoms with van der Waals surface area (Å²) >= 11 is 0. The van der Waals surface area contributed by atoms with Gasteiger partial charge in [0.25, 0.3) is 5.91 Å². The van der Waals surface area contributed by atoms with Gasteiger partial charge in [-0.05, 0) is 96.2 Å². The van der Waals surface area contributed by atoms with Crippen LogP contribution in [0, 0.1) is 0 Å². The van der Waals surface area contributed by atoms with Crippen LogP contribution in [0.2, 0.25) is 0 Å². The van der Waals surface area contributed by atoms with E-state index in [4.69, 9.17) is 4.74 Å². The number of hydrogen-bond donors (Lipinski definition) is 3. The van der Waals surface area contributed by atoms with Crippen LogP contribution in [-0.4, -0.2) is 71.8 Å². The van der Waals surface area contributed by atoms with Crippen LogP contribution in [0.4, 0.5) is 16.2 Å². The Bertz CT molecular complexity index is 2150. The Morgan fingerprint density at radius 2 is 1.22 bits per heavy atom. The van der Waals surface area contributed by atoms with Crippen molar-refractivity contribution >= 4 is 41.1 Å². The number of hydrogen-bond acceptors (Lipinski definition) is 6. The van der Waals surface area contributed by atoms with Crippen molar-refractivity contribution in [1.82, 2.24) is 15.1 Å². The Kier molecular flexibility index (Phi) is 12.3. The molecule has 3 aliphatic rings. The molecule has 2 aliphatic heterocycles. The van der Waals surface area contributed by atoms with Crippen molar-refractivity contribution in [3.8, 4) is 11.1 Å². The molecule has 2 heterocycles. The number of nitrogens with one attached hydrogen (secondary N) is 3. The smallest absolute Gasteiger partial charge is 0.407 e. The highest BCUT2D eigenvalue weighted by molar-refractivity contribution is 6.00. The average Bonchev–Trinajstić information content (AvgIpc) is 3.99. The molecule has 0 spiro atoms. The van der Waals surface area contributed by atoms with Gasteiger partial charge in [-0.15, -0.1) is 0 Å². The van der Waals surface area contributed by atoms with Crippen molar-refractivity contribution in [3.63, 3.8) is 0 Å². The van der Waals surface area contributed by atoms with Crippen molar-refractivity contribution in [2.24, 2.45) is 0 Å². The van der Waals surface area contributed by atoms with Gasteiger partial charge in [-0.3, -0.25) is 19.2 Å². The molecular formula is C47H53N5O6.